The molecule has 2 unspecified atom stereocenters. The van der Waals surface area contributed by atoms with Crippen molar-refractivity contribution >= 4 is 66.4 Å². The molecule has 146 valence electrons. The maximum absolute atomic E-state index is 15.5. The summed E-state index contributed by atoms with van der Waals surface area (Å²) in [5.41, 5.74) is 0.127. The molecule has 7 nitrogen and oxygen atoms in total. The van der Waals surface area contributed by atoms with E-state index < -0.39 is 60.7 Å². The third-order valence-corrected chi connectivity index (χ3v) is 6.40. The van der Waals surface area contributed by atoms with E-state index in [1.165, 1.54) is 0 Å². The largest absolute Gasteiger partial charge is 0.481 e. The van der Waals surface area contributed by atoms with Crippen LogP contribution in [0.4, 0.5) is 17.7 Å². The van der Waals surface area contributed by atoms with Crippen molar-refractivity contribution in [3.63, 3.8) is 0 Å². The Morgan fingerprint density at radius 2 is 1.96 bits per heavy atom. The number of hydrogen-bond donors (Lipinski definition) is 4. The summed E-state index contributed by atoms with van der Waals surface area (Å²) in [5.74, 6) is -3.72. The highest BCUT2D eigenvalue weighted by molar-refractivity contribution is 9.14. The first kappa shape index (κ1) is 21.6. The highest BCUT2D eigenvalue weighted by Crippen LogP contribution is 2.56. The smallest absolute Gasteiger partial charge is 0.300 e. The molecule has 3 rings (SSSR count). The highest BCUT2D eigenvalue weighted by atomic mass is 79.9. The Kier molecular flexibility index (Phi) is 5.92. The molecule has 0 aromatic heterocycles. The quantitative estimate of drug-likeness (QED) is 0.278. The number of rotatable bonds is 0. The van der Waals surface area contributed by atoms with Crippen molar-refractivity contribution in [2.24, 2.45) is 10.7 Å². The number of alkyl halides is 2. The fourth-order valence-corrected chi connectivity index (χ4v) is 4.11. The third kappa shape index (κ3) is 3.33. The first-order valence-corrected chi connectivity index (χ1v) is 9.14. The number of nitrogens with two attached hydrogens (primary N) is 1. The SMILES string of the molecule is CC(=O)O.N=C1N=C(N)C(=C2N(F)C(=N)C3=C(F)C(Br)=C(Br)C(F)C32F)S1. The van der Waals surface area contributed by atoms with Crippen molar-refractivity contribution in [3.05, 3.63) is 31.0 Å². The van der Waals surface area contributed by atoms with Gasteiger partial charge in [-0.2, -0.15) is 5.12 Å². The predicted molar refractivity (Wildman–Crippen MR) is 99.7 cm³/mol. The van der Waals surface area contributed by atoms with Gasteiger partial charge in [-0.05, 0) is 27.7 Å². The number of carboxylic acid groups (broad SMARTS) is 1. The number of aliphatic carboxylic acids is 1. The molecule has 3 aliphatic rings. The van der Waals surface area contributed by atoms with E-state index in [-0.39, 0.29) is 10.1 Å². The Labute approximate surface area is 170 Å². The van der Waals surface area contributed by atoms with Crippen LogP contribution in [0.5, 0.6) is 0 Å². The van der Waals surface area contributed by atoms with Gasteiger partial charge in [0.15, 0.2) is 17.2 Å². The number of carbonyl (C=O) groups is 1. The average molecular weight is 535 g/mol. The molecule has 0 amide bonds. The predicted octanol–water partition coefficient (Wildman–Crippen LogP) is 3.79. The van der Waals surface area contributed by atoms with Crippen LogP contribution in [-0.4, -0.2) is 44.9 Å². The Bertz CT molecular complexity index is 899. The molecule has 0 radical (unpaired) electrons. The van der Waals surface area contributed by atoms with Crippen LogP contribution >= 0.6 is 43.6 Å². The van der Waals surface area contributed by atoms with Crippen LogP contribution in [0.15, 0.2) is 36.0 Å². The van der Waals surface area contributed by atoms with Gasteiger partial charge in [-0.1, -0.05) is 20.4 Å². The molecule has 14 heteroatoms. The number of nitrogens with one attached hydrogen (secondary N) is 2. The molecule has 2 aliphatic heterocycles. The minimum atomic E-state index is -3.31. The van der Waals surface area contributed by atoms with Crippen molar-refractivity contribution in [2.45, 2.75) is 18.8 Å². The highest BCUT2D eigenvalue weighted by Gasteiger charge is 2.64. The Hall–Kier alpha value is -1.67. The first-order valence-electron chi connectivity index (χ1n) is 6.74. The molecular formula is C13H9Br2F4N5O2S. The number of halogens is 6. The summed E-state index contributed by atoms with van der Waals surface area (Å²) in [4.78, 5) is 12.1. The Balaban J connectivity index is 0.000000596. The zero-order valence-electron chi connectivity index (χ0n) is 13.1. The molecule has 5 N–H and O–H groups in total. The third-order valence-electron chi connectivity index (χ3n) is 3.40. The van der Waals surface area contributed by atoms with Crippen molar-refractivity contribution in [2.75, 3.05) is 0 Å². The summed E-state index contributed by atoms with van der Waals surface area (Å²) in [5, 5.41) is 21.6. The molecule has 0 aromatic rings. The second kappa shape index (κ2) is 7.39. The van der Waals surface area contributed by atoms with E-state index in [0.29, 0.717) is 11.8 Å². The normalized spacial score (nSPS) is 30.4. The van der Waals surface area contributed by atoms with Crippen LogP contribution in [0.2, 0.25) is 0 Å². The van der Waals surface area contributed by atoms with Crippen LogP contribution in [0.1, 0.15) is 6.92 Å². The number of aliphatic imine (C=N–C) groups is 1. The summed E-state index contributed by atoms with van der Waals surface area (Å²) < 4.78 is 57.9. The topological polar surface area (TPSA) is 127 Å². The number of allylic oxidation sites excluding steroid dienone is 4. The lowest BCUT2D eigenvalue weighted by atomic mass is 9.85. The number of nitrogens with zero attached hydrogens (tertiary/aromatic N) is 2. The van der Waals surface area contributed by atoms with E-state index in [4.69, 9.17) is 26.5 Å². The molecule has 27 heavy (non-hydrogen) atoms. The Morgan fingerprint density at radius 1 is 1.44 bits per heavy atom. The standard InChI is InChI=1S/C11H5Br2F4N5S.C2H4O2/c12-2-3(13)6(15)11(16)1(4(2)14)9(19)22(17)7(11)5-8(18)21-10(20)23-5;1-2(3)4/h6,19H,(H3,18,20,21);1H3,(H,3,4). The molecule has 2 heterocycles. The summed E-state index contributed by atoms with van der Waals surface area (Å²) in [6.07, 6.45) is -2.52. The summed E-state index contributed by atoms with van der Waals surface area (Å²) in [6.45, 7) is 1.08. The van der Waals surface area contributed by atoms with Gasteiger partial charge >= 0.3 is 0 Å². The van der Waals surface area contributed by atoms with E-state index in [1.807, 2.05) is 0 Å². The van der Waals surface area contributed by atoms with Crippen molar-refractivity contribution < 1.29 is 27.6 Å². The molecule has 0 spiro atoms. The van der Waals surface area contributed by atoms with Gasteiger partial charge in [-0.25, -0.2) is 18.2 Å². The van der Waals surface area contributed by atoms with Gasteiger partial charge in [-0.3, -0.25) is 15.6 Å². The lowest BCUT2D eigenvalue weighted by molar-refractivity contribution is -0.134. The molecule has 0 bridgehead atoms. The van der Waals surface area contributed by atoms with Gasteiger partial charge in [0.2, 0.25) is 5.67 Å². The van der Waals surface area contributed by atoms with Gasteiger partial charge in [0.1, 0.15) is 17.4 Å². The van der Waals surface area contributed by atoms with E-state index in [2.05, 4.69) is 36.9 Å². The van der Waals surface area contributed by atoms with Gasteiger partial charge in [-0.15, -0.1) is 0 Å². The number of hydrogen-bond acceptors (Lipinski definition) is 5. The van der Waals surface area contributed by atoms with Crippen LogP contribution < -0.4 is 5.73 Å². The van der Waals surface area contributed by atoms with Crippen LogP contribution in [0.3, 0.4) is 0 Å². The van der Waals surface area contributed by atoms with Gasteiger partial charge in [0.25, 0.3) is 5.97 Å². The minimum absolute atomic E-state index is 0.353. The number of fused-ring (bicyclic) bond motifs is 1. The lowest BCUT2D eigenvalue weighted by Gasteiger charge is -2.30. The fourth-order valence-electron chi connectivity index (χ4n) is 2.41. The first-order chi connectivity index (χ1) is 12.3. The summed E-state index contributed by atoms with van der Waals surface area (Å²) in [7, 11) is 0. The second-order valence-corrected chi connectivity index (χ2v) is 7.80. The average Bonchev–Trinajstić information content (AvgIpc) is 2.98. The molecule has 1 fully saturated rings. The minimum Gasteiger partial charge on any atom is -0.481 e. The van der Waals surface area contributed by atoms with Crippen molar-refractivity contribution in [1.82, 2.24) is 5.12 Å². The Morgan fingerprint density at radius 3 is 2.41 bits per heavy atom. The van der Waals surface area contributed by atoms with E-state index in [1.54, 1.807) is 0 Å². The fraction of sp³-hybridized carbons (Fsp3) is 0.231. The van der Waals surface area contributed by atoms with Crippen LogP contribution in [0, 0.1) is 10.8 Å². The molecule has 1 aliphatic carbocycles. The number of carboxylic acids is 1. The summed E-state index contributed by atoms with van der Waals surface area (Å²) >= 11 is 5.97. The van der Waals surface area contributed by atoms with Crippen molar-refractivity contribution in [1.29, 1.82) is 10.8 Å². The molecule has 1 saturated heterocycles. The number of amidine groups is 3. The summed E-state index contributed by atoms with van der Waals surface area (Å²) in [6, 6.07) is 0. The monoisotopic (exact) mass is 533 g/mol. The molecule has 0 aromatic carbocycles. The van der Waals surface area contributed by atoms with E-state index in [9.17, 15) is 13.3 Å². The zero-order valence-corrected chi connectivity index (χ0v) is 17.1. The van der Waals surface area contributed by atoms with E-state index >= 15 is 4.39 Å². The number of thioether (sulfide) groups is 1. The van der Waals surface area contributed by atoms with Gasteiger partial charge in [0.05, 0.1) is 19.4 Å². The van der Waals surface area contributed by atoms with Crippen molar-refractivity contribution in [3.8, 4) is 0 Å². The maximum atomic E-state index is 15.5. The molecule has 0 saturated carbocycles. The lowest BCUT2D eigenvalue weighted by Crippen LogP contribution is -2.41. The van der Waals surface area contributed by atoms with E-state index in [0.717, 1.165) is 6.92 Å². The molecule has 2 atom stereocenters. The van der Waals surface area contributed by atoms with Gasteiger partial charge < -0.3 is 10.8 Å². The second-order valence-electron chi connectivity index (χ2n) is 5.16. The van der Waals surface area contributed by atoms with Gasteiger partial charge in [0, 0.05) is 6.92 Å². The maximum Gasteiger partial charge on any atom is 0.300 e. The zero-order chi connectivity index (χ0) is 20.8. The van der Waals surface area contributed by atoms with Crippen LogP contribution in [-0.2, 0) is 4.79 Å². The van der Waals surface area contributed by atoms with Crippen LogP contribution in [0.25, 0.3) is 0 Å². The molecular weight excluding hydrogens is 526 g/mol.